The van der Waals surface area contributed by atoms with Crippen molar-refractivity contribution in [3.63, 3.8) is 0 Å². The number of ether oxygens (including phenoxy) is 1. The molecule has 26 heavy (non-hydrogen) atoms. The number of carbonyl (C=O) groups is 1. The predicted octanol–water partition coefficient (Wildman–Crippen LogP) is 1.30. The van der Waals surface area contributed by atoms with Crippen LogP contribution in [0.5, 0.6) is 5.88 Å². The number of hydrogen-bond acceptors (Lipinski definition) is 7. The molecule has 2 aromatic heterocycles. The zero-order valence-electron chi connectivity index (χ0n) is 15.4. The number of carbonyl (C=O) groups excluding carboxylic acids is 1. The van der Waals surface area contributed by atoms with Crippen molar-refractivity contribution in [3.8, 4) is 5.88 Å². The van der Waals surface area contributed by atoms with E-state index in [1.165, 1.54) is 0 Å². The van der Waals surface area contributed by atoms with Crippen molar-refractivity contribution in [1.82, 2.24) is 30.3 Å². The lowest BCUT2D eigenvalue weighted by molar-refractivity contribution is 0.0944. The lowest BCUT2D eigenvalue weighted by Gasteiger charge is -2.31. The summed E-state index contributed by atoms with van der Waals surface area (Å²) >= 11 is 0. The van der Waals surface area contributed by atoms with Crippen molar-refractivity contribution in [3.05, 3.63) is 24.2 Å². The summed E-state index contributed by atoms with van der Waals surface area (Å²) in [5.41, 5.74) is 0.365. The van der Waals surface area contributed by atoms with Crippen LogP contribution in [0, 0.1) is 5.92 Å². The van der Waals surface area contributed by atoms with E-state index in [0.29, 0.717) is 30.0 Å². The van der Waals surface area contributed by atoms with Crippen LogP contribution in [0.3, 0.4) is 0 Å². The fraction of sp³-hybridized carbons (Fsp3) is 0.588. The Morgan fingerprint density at radius 3 is 2.85 bits per heavy atom. The molecule has 1 amide bonds. The summed E-state index contributed by atoms with van der Waals surface area (Å²) in [6.07, 6.45) is 5.21. The van der Waals surface area contributed by atoms with Gasteiger partial charge in [-0.05, 0) is 18.8 Å². The van der Waals surface area contributed by atoms with Gasteiger partial charge in [0.2, 0.25) is 11.8 Å². The van der Waals surface area contributed by atoms with Crippen LogP contribution in [0.2, 0.25) is 0 Å². The van der Waals surface area contributed by atoms with Gasteiger partial charge in [0.15, 0.2) is 5.69 Å². The van der Waals surface area contributed by atoms with Crippen LogP contribution in [0.25, 0.3) is 0 Å². The lowest BCUT2D eigenvalue weighted by atomic mass is 10.1. The van der Waals surface area contributed by atoms with Crippen molar-refractivity contribution in [1.29, 1.82) is 0 Å². The molecule has 1 aliphatic rings. The molecule has 0 radical (unpaired) electrons. The van der Waals surface area contributed by atoms with E-state index in [0.717, 1.165) is 25.9 Å². The molecule has 1 N–H and O–H groups in total. The predicted molar refractivity (Wildman–Crippen MR) is 96.3 cm³/mol. The van der Waals surface area contributed by atoms with E-state index < -0.39 is 0 Å². The standard InChI is InChI=1S/C17H25N7O2/c1-12(2)10-19-16(25)14-11-24(22-21-14)13-5-8-23(9-6-13)17-18-7-4-15(20-17)26-3/h4,7,11-13H,5-6,8-10H2,1-3H3,(H,19,25). The van der Waals surface area contributed by atoms with Crippen molar-refractivity contribution < 1.29 is 9.53 Å². The molecule has 140 valence electrons. The van der Waals surface area contributed by atoms with Gasteiger partial charge in [0, 0.05) is 31.9 Å². The minimum atomic E-state index is -0.174. The van der Waals surface area contributed by atoms with E-state index >= 15 is 0 Å². The normalized spacial score (nSPS) is 15.3. The Labute approximate surface area is 152 Å². The van der Waals surface area contributed by atoms with Crippen LogP contribution in [-0.4, -0.2) is 57.6 Å². The van der Waals surface area contributed by atoms with Gasteiger partial charge in [-0.15, -0.1) is 5.10 Å². The number of anilines is 1. The SMILES string of the molecule is COc1ccnc(N2CCC(n3cc(C(=O)NCC(C)C)nn3)CC2)n1. The highest BCUT2D eigenvalue weighted by molar-refractivity contribution is 5.91. The molecular weight excluding hydrogens is 334 g/mol. The second kappa shape index (κ2) is 8.11. The largest absolute Gasteiger partial charge is 0.481 e. The third-order valence-corrected chi connectivity index (χ3v) is 4.36. The van der Waals surface area contributed by atoms with Crippen LogP contribution < -0.4 is 15.0 Å². The van der Waals surface area contributed by atoms with Crippen LogP contribution >= 0.6 is 0 Å². The zero-order valence-corrected chi connectivity index (χ0v) is 15.4. The van der Waals surface area contributed by atoms with E-state index in [-0.39, 0.29) is 11.9 Å². The third kappa shape index (κ3) is 4.27. The molecule has 9 nitrogen and oxygen atoms in total. The molecule has 0 spiro atoms. The summed E-state index contributed by atoms with van der Waals surface area (Å²) in [7, 11) is 1.60. The van der Waals surface area contributed by atoms with Gasteiger partial charge in [-0.3, -0.25) is 4.79 Å². The zero-order chi connectivity index (χ0) is 18.5. The van der Waals surface area contributed by atoms with Gasteiger partial charge in [0.05, 0.1) is 19.3 Å². The highest BCUT2D eigenvalue weighted by Gasteiger charge is 2.24. The molecular formula is C17H25N7O2. The summed E-state index contributed by atoms with van der Waals surface area (Å²) in [4.78, 5) is 22.9. The van der Waals surface area contributed by atoms with Crippen molar-refractivity contribution >= 4 is 11.9 Å². The molecule has 0 aliphatic carbocycles. The summed E-state index contributed by atoms with van der Waals surface area (Å²) in [5.74, 6) is 1.46. The Bertz CT molecular complexity index is 738. The number of rotatable bonds is 6. The number of piperidine rings is 1. The highest BCUT2D eigenvalue weighted by Crippen LogP contribution is 2.24. The van der Waals surface area contributed by atoms with E-state index in [4.69, 9.17) is 4.74 Å². The molecule has 1 fully saturated rings. The van der Waals surface area contributed by atoms with E-state index in [2.05, 4.69) is 44.3 Å². The second-order valence-electron chi connectivity index (χ2n) is 6.80. The van der Waals surface area contributed by atoms with E-state index in [9.17, 15) is 4.79 Å². The van der Waals surface area contributed by atoms with Crippen molar-refractivity contribution in [2.45, 2.75) is 32.7 Å². The maximum Gasteiger partial charge on any atom is 0.273 e. The minimum Gasteiger partial charge on any atom is -0.481 e. The summed E-state index contributed by atoms with van der Waals surface area (Å²) in [5, 5.41) is 11.0. The number of aromatic nitrogens is 5. The number of nitrogens with one attached hydrogen (secondary N) is 1. The van der Waals surface area contributed by atoms with Gasteiger partial charge < -0.3 is 15.0 Å². The number of methoxy groups -OCH3 is 1. The van der Waals surface area contributed by atoms with Gasteiger partial charge >= 0.3 is 0 Å². The fourth-order valence-corrected chi connectivity index (χ4v) is 2.88. The lowest BCUT2D eigenvalue weighted by Crippen LogP contribution is -2.36. The molecule has 0 bridgehead atoms. The van der Waals surface area contributed by atoms with Crippen LogP contribution in [0.15, 0.2) is 18.5 Å². The molecule has 0 unspecified atom stereocenters. The van der Waals surface area contributed by atoms with Gasteiger partial charge in [-0.25, -0.2) is 9.67 Å². The van der Waals surface area contributed by atoms with Crippen molar-refractivity contribution in [2.24, 2.45) is 5.92 Å². The van der Waals surface area contributed by atoms with Crippen LogP contribution in [-0.2, 0) is 0 Å². The Balaban J connectivity index is 1.57. The Morgan fingerprint density at radius 1 is 1.38 bits per heavy atom. The molecule has 1 saturated heterocycles. The smallest absolute Gasteiger partial charge is 0.273 e. The first-order valence-electron chi connectivity index (χ1n) is 8.89. The topological polar surface area (TPSA) is 98.1 Å². The Hall–Kier alpha value is -2.71. The Morgan fingerprint density at radius 2 is 2.15 bits per heavy atom. The van der Waals surface area contributed by atoms with Crippen LogP contribution in [0.1, 0.15) is 43.2 Å². The van der Waals surface area contributed by atoms with Gasteiger partial charge in [0.1, 0.15) is 0 Å². The summed E-state index contributed by atoms with van der Waals surface area (Å²) < 4.78 is 6.96. The quantitative estimate of drug-likeness (QED) is 0.830. The fourth-order valence-electron chi connectivity index (χ4n) is 2.88. The molecule has 1 aliphatic heterocycles. The second-order valence-corrected chi connectivity index (χ2v) is 6.80. The molecule has 2 aromatic rings. The van der Waals surface area contributed by atoms with Gasteiger partial charge in [-0.1, -0.05) is 19.1 Å². The molecule has 9 heteroatoms. The van der Waals surface area contributed by atoms with Crippen molar-refractivity contribution in [2.75, 3.05) is 31.6 Å². The number of nitrogens with zero attached hydrogens (tertiary/aromatic N) is 6. The first-order valence-corrected chi connectivity index (χ1v) is 8.89. The monoisotopic (exact) mass is 359 g/mol. The highest BCUT2D eigenvalue weighted by atomic mass is 16.5. The summed E-state index contributed by atoms with van der Waals surface area (Å²) in [6.45, 7) is 6.36. The first-order chi connectivity index (χ1) is 12.6. The molecule has 3 rings (SSSR count). The Kier molecular flexibility index (Phi) is 5.65. The summed E-state index contributed by atoms with van der Waals surface area (Å²) in [6, 6.07) is 1.95. The van der Waals surface area contributed by atoms with E-state index in [1.807, 2.05) is 0 Å². The third-order valence-electron chi connectivity index (χ3n) is 4.36. The molecule has 0 atom stereocenters. The van der Waals surface area contributed by atoms with E-state index in [1.54, 1.807) is 30.3 Å². The van der Waals surface area contributed by atoms with Gasteiger partial charge in [0.25, 0.3) is 5.91 Å². The maximum absolute atomic E-state index is 12.1. The number of hydrogen-bond donors (Lipinski definition) is 1. The first kappa shape index (κ1) is 18.1. The average Bonchev–Trinajstić information content (AvgIpc) is 3.16. The van der Waals surface area contributed by atoms with Gasteiger partial charge in [-0.2, -0.15) is 4.98 Å². The van der Waals surface area contributed by atoms with Crippen LogP contribution in [0.4, 0.5) is 5.95 Å². The number of amides is 1. The molecule has 0 saturated carbocycles. The average molecular weight is 359 g/mol. The molecule has 0 aromatic carbocycles. The minimum absolute atomic E-state index is 0.174. The molecule has 3 heterocycles. The maximum atomic E-state index is 12.1.